The molecule has 1 heterocycles. The number of carbonyl (C=O) groups excluding carboxylic acids is 1. The normalized spacial score (nSPS) is 21.7. The third-order valence-electron chi connectivity index (χ3n) is 4.85. The van der Waals surface area contributed by atoms with Crippen molar-refractivity contribution in [2.75, 3.05) is 13.2 Å². The number of hydrogen-bond acceptors (Lipinski definition) is 3. The van der Waals surface area contributed by atoms with Crippen molar-refractivity contribution in [3.63, 3.8) is 0 Å². The van der Waals surface area contributed by atoms with E-state index in [0.29, 0.717) is 25.1 Å². The summed E-state index contributed by atoms with van der Waals surface area (Å²) in [5, 5.41) is 4.11. The summed E-state index contributed by atoms with van der Waals surface area (Å²) in [6.07, 6.45) is 1.39. The van der Waals surface area contributed by atoms with Crippen LogP contribution < -0.4 is 11.1 Å². The molecular weight excluding hydrogens is 340 g/mol. The van der Waals surface area contributed by atoms with Gasteiger partial charge in [-0.15, -0.1) is 0 Å². The summed E-state index contributed by atoms with van der Waals surface area (Å²) in [7, 11) is 0. The SMILES string of the molecule is N[C@H]1CON(C(=O)NC2CCc3cccc(-c4c(F)cccc4F)c32)C1. The highest BCUT2D eigenvalue weighted by Gasteiger charge is 2.32. The molecule has 0 bridgehead atoms. The summed E-state index contributed by atoms with van der Waals surface area (Å²) in [5.41, 5.74) is 7.90. The molecule has 1 saturated heterocycles. The lowest BCUT2D eigenvalue weighted by Gasteiger charge is -2.21. The lowest BCUT2D eigenvalue weighted by atomic mass is 9.94. The molecule has 4 rings (SSSR count). The zero-order valence-electron chi connectivity index (χ0n) is 14.0. The number of carbonyl (C=O) groups is 1. The van der Waals surface area contributed by atoms with Crippen LogP contribution in [0, 0.1) is 11.6 Å². The van der Waals surface area contributed by atoms with Gasteiger partial charge in [0.2, 0.25) is 0 Å². The van der Waals surface area contributed by atoms with Crippen molar-refractivity contribution in [3.05, 3.63) is 59.2 Å². The van der Waals surface area contributed by atoms with Gasteiger partial charge in [0, 0.05) is 0 Å². The third kappa shape index (κ3) is 2.93. The van der Waals surface area contributed by atoms with Crippen molar-refractivity contribution < 1.29 is 18.4 Å². The summed E-state index contributed by atoms with van der Waals surface area (Å²) in [4.78, 5) is 17.7. The number of halogens is 2. The molecule has 1 aliphatic carbocycles. The second-order valence-corrected chi connectivity index (χ2v) is 6.63. The van der Waals surface area contributed by atoms with Crippen LogP contribution in [0.25, 0.3) is 11.1 Å². The maximum Gasteiger partial charge on any atom is 0.341 e. The Bertz CT molecular complexity index is 838. The lowest BCUT2D eigenvalue weighted by molar-refractivity contribution is -0.0672. The first kappa shape index (κ1) is 16.9. The Hall–Kier alpha value is -2.51. The number of nitrogens with one attached hydrogen (secondary N) is 1. The molecule has 1 unspecified atom stereocenters. The molecular formula is C19H19F2N3O2. The fourth-order valence-electron chi connectivity index (χ4n) is 3.67. The first-order chi connectivity index (χ1) is 12.5. The zero-order valence-corrected chi connectivity index (χ0v) is 14.0. The minimum Gasteiger partial charge on any atom is -0.329 e. The van der Waals surface area contributed by atoms with Crippen LogP contribution in [0.15, 0.2) is 36.4 Å². The van der Waals surface area contributed by atoms with Crippen molar-refractivity contribution in [1.29, 1.82) is 0 Å². The average molecular weight is 359 g/mol. The molecule has 2 aliphatic rings. The van der Waals surface area contributed by atoms with E-state index < -0.39 is 11.6 Å². The van der Waals surface area contributed by atoms with Crippen molar-refractivity contribution >= 4 is 6.03 Å². The fourth-order valence-corrected chi connectivity index (χ4v) is 3.67. The lowest BCUT2D eigenvalue weighted by Crippen LogP contribution is -2.40. The Morgan fingerprint density at radius 1 is 1.19 bits per heavy atom. The Labute approximate surface area is 149 Å². The van der Waals surface area contributed by atoms with Crippen LogP contribution in [-0.2, 0) is 11.3 Å². The van der Waals surface area contributed by atoms with Crippen LogP contribution in [0.5, 0.6) is 0 Å². The molecule has 0 aromatic heterocycles. The smallest absolute Gasteiger partial charge is 0.329 e. The molecule has 7 heteroatoms. The molecule has 5 nitrogen and oxygen atoms in total. The first-order valence-electron chi connectivity index (χ1n) is 8.57. The summed E-state index contributed by atoms with van der Waals surface area (Å²) < 4.78 is 28.6. The minimum atomic E-state index is -0.621. The molecule has 2 aromatic rings. The molecule has 2 aromatic carbocycles. The summed E-state index contributed by atoms with van der Waals surface area (Å²) in [6.45, 7) is 0.607. The second-order valence-electron chi connectivity index (χ2n) is 6.63. The van der Waals surface area contributed by atoms with Gasteiger partial charge in [-0.05, 0) is 41.7 Å². The Balaban J connectivity index is 1.67. The predicted molar refractivity (Wildman–Crippen MR) is 92.0 cm³/mol. The molecule has 26 heavy (non-hydrogen) atoms. The predicted octanol–water partition coefficient (Wildman–Crippen LogP) is 2.90. The molecule has 0 spiro atoms. The standard InChI is InChI=1S/C19H19F2N3O2/c20-14-5-2-6-15(21)18(14)13-4-1-3-11-7-8-16(17(11)13)23-19(25)24-9-12(22)10-26-24/h1-6,12,16H,7-10,22H2,(H,23,25)/t12-,16?/m1/s1. The van der Waals surface area contributed by atoms with E-state index in [2.05, 4.69) is 5.32 Å². The average Bonchev–Trinajstić information content (AvgIpc) is 3.22. The summed E-state index contributed by atoms with van der Waals surface area (Å²) in [6, 6.07) is 8.27. The van der Waals surface area contributed by atoms with Crippen LogP contribution in [0.1, 0.15) is 23.6 Å². The van der Waals surface area contributed by atoms with Crippen molar-refractivity contribution in [3.8, 4) is 11.1 Å². The highest BCUT2D eigenvalue weighted by molar-refractivity contribution is 5.77. The number of benzene rings is 2. The highest BCUT2D eigenvalue weighted by Crippen LogP contribution is 2.40. The zero-order chi connectivity index (χ0) is 18.3. The number of aryl methyl sites for hydroxylation is 1. The van der Waals surface area contributed by atoms with Gasteiger partial charge >= 0.3 is 6.03 Å². The molecule has 0 radical (unpaired) electrons. The van der Waals surface area contributed by atoms with Crippen LogP contribution in [-0.4, -0.2) is 30.3 Å². The van der Waals surface area contributed by atoms with Crippen LogP contribution in [0.4, 0.5) is 13.6 Å². The molecule has 2 amide bonds. The Morgan fingerprint density at radius 2 is 1.92 bits per heavy atom. The fraction of sp³-hybridized carbons (Fsp3) is 0.316. The third-order valence-corrected chi connectivity index (χ3v) is 4.85. The van der Waals surface area contributed by atoms with Crippen molar-refractivity contribution in [2.45, 2.75) is 24.9 Å². The quantitative estimate of drug-likeness (QED) is 0.866. The topological polar surface area (TPSA) is 67.6 Å². The number of fused-ring (bicyclic) bond motifs is 1. The molecule has 3 N–H and O–H groups in total. The number of amides is 2. The van der Waals surface area contributed by atoms with Crippen LogP contribution in [0.3, 0.4) is 0 Å². The summed E-state index contributed by atoms with van der Waals surface area (Å²) in [5.74, 6) is -1.24. The van der Waals surface area contributed by atoms with E-state index in [1.165, 1.54) is 23.3 Å². The van der Waals surface area contributed by atoms with Gasteiger partial charge < -0.3 is 11.1 Å². The molecule has 136 valence electrons. The van der Waals surface area contributed by atoms with Crippen molar-refractivity contribution in [1.82, 2.24) is 10.4 Å². The number of urea groups is 1. The largest absolute Gasteiger partial charge is 0.341 e. The maximum atomic E-state index is 14.3. The number of hydroxylamine groups is 2. The molecule has 2 atom stereocenters. The van der Waals surface area contributed by atoms with Gasteiger partial charge in [0.05, 0.1) is 30.8 Å². The molecule has 1 aliphatic heterocycles. The van der Waals surface area contributed by atoms with Gasteiger partial charge in [-0.2, -0.15) is 0 Å². The van der Waals surface area contributed by atoms with E-state index >= 15 is 0 Å². The number of nitrogens with two attached hydrogens (primary N) is 1. The van der Waals surface area contributed by atoms with E-state index in [4.69, 9.17) is 10.6 Å². The van der Waals surface area contributed by atoms with Crippen LogP contribution >= 0.6 is 0 Å². The second kappa shape index (κ2) is 6.66. The number of hydrogen-bond donors (Lipinski definition) is 2. The monoisotopic (exact) mass is 359 g/mol. The van der Waals surface area contributed by atoms with Gasteiger partial charge in [-0.1, -0.05) is 24.3 Å². The van der Waals surface area contributed by atoms with E-state index in [1.54, 1.807) is 12.1 Å². The van der Waals surface area contributed by atoms with Crippen molar-refractivity contribution in [2.24, 2.45) is 5.73 Å². The highest BCUT2D eigenvalue weighted by atomic mass is 19.1. The van der Waals surface area contributed by atoms with Gasteiger partial charge in [0.25, 0.3) is 0 Å². The Morgan fingerprint density at radius 3 is 2.62 bits per heavy atom. The maximum absolute atomic E-state index is 14.3. The summed E-state index contributed by atoms with van der Waals surface area (Å²) >= 11 is 0. The number of rotatable bonds is 2. The minimum absolute atomic E-state index is 0.0649. The van der Waals surface area contributed by atoms with Gasteiger partial charge in [-0.3, -0.25) is 4.84 Å². The van der Waals surface area contributed by atoms with Crippen LogP contribution in [0.2, 0.25) is 0 Å². The van der Waals surface area contributed by atoms with E-state index in [0.717, 1.165) is 17.5 Å². The van der Waals surface area contributed by atoms with E-state index in [9.17, 15) is 13.6 Å². The number of nitrogens with zero attached hydrogens (tertiary/aromatic N) is 1. The van der Waals surface area contributed by atoms with Gasteiger partial charge in [0.15, 0.2) is 0 Å². The van der Waals surface area contributed by atoms with Gasteiger partial charge in [-0.25, -0.2) is 18.6 Å². The Kier molecular flexibility index (Phi) is 4.34. The van der Waals surface area contributed by atoms with Gasteiger partial charge in [0.1, 0.15) is 11.6 Å². The molecule has 0 saturated carbocycles. The van der Waals surface area contributed by atoms with E-state index in [-0.39, 0.29) is 23.7 Å². The first-order valence-corrected chi connectivity index (χ1v) is 8.57. The van der Waals surface area contributed by atoms with E-state index in [1.807, 2.05) is 6.07 Å². The molecule has 1 fully saturated rings.